The normalized spacial score (nSPS) is 13.0. The summed E-state index contributed by atoms with van der Waals surface area (Å²) < 4.78 is 14.0. The molecule has 0 saturated heterocycles. The molecule has 0 radical (unpaired) electrons. The van der Waals surface area contributed by atoms with Crippen molar-refractivity contribution < 1.29 is 14.6 Å². The number of aliphatic hydroxyl groups excluding tert-OH is 1. The van der Waals surface area contributed by atoms with Crippen LogP contribution in [0.2, 0.25) is 5.02 Å². The second kappa shape index (κ2) is 8.18. The largest absolute Gasteiger partial charge is 0.506 e. The van der Waals surface area contributed by atoms with Crippen LogP contribution in [0.5, 0.6) is 5.75 Å². The van der Waals surface area contributed by atoms with Gasteiger partial charge in [0.1, 0.15) is 11.6 Å². The highest BCUT2D eigenvalue weighted by atomic mass is 35.5. The number of hydrogen-bond acceptors (Lipinski definition) is 3. The van der Waals surface area contributed by atoms with Gasteiger partial charge in [0.25, 0.3) is 0 Å². The Balaban J connectivity index is 2.26. The summed E-state index contributed by atoms with van der Waals surface area (Å²) in [7, 11) is 0. The first-order chi connectivity index (χ1) is 11.4. The van der Waals surface area contributed by atoms with Crippen molar-refractivity contribution in [2.45, 2.75) is 26.4 Å². The number of anilines is 1. The zero-order valence-corrected chi connectivity index (χ0v) is 14.4. The third kappa shape index (κ3) is 4.73. The van der Waals surface area contributed by atoms with Gasteiger partial charge in [-0.05, 0) is 55.7 Å². The summed E-state index contributed by atoms with van der Waals surface area (Å²) >= 11 is 6.09. The van der Waals surface area contributed by atoms with E-state index in [4.69, 9.17) is 11.6 Å². The first-order valence-corrected chi connectivity index (χ1v) is 8.14. The predicted molar refractivity (Wildman–Crippen MR) is 97.8 cm³/mol. The molecule has 1 atom stereocenters. The van der Waals surface area contributed by atoms with Gasteiger partial charge in [-0.1, -0.05) is 29.8 Å². The predicted octanol–water partition coefficient (Wildman–Crippen LogP) is 4.93. The summed E-state index contributed by atoms with van der Waals surface area (Å²) in [6, 6.07) is 9.69. The fourth-order valence-corrected chi connectivity index (χ4v) is 2.71. The van der Waals surface area contributed by atoms with Gasteiger partial charge in [0.15, 0.2) is 0 Å². The van der Waals surface area contributed by atoms with Crippen LogP contribution in [0.15, 0.2) is 36.4 Å². The highest BCUT2D eigenvalue weighted by molar-refractivity contribution is 6.32. The minimum absolute atomic E-state index is 0.124. The van der Waals surface area contributed by atoms with E-state index in [0.29, 0.717) is 34.8 Å². The lowest BCUT2D eigenvalue weighted by atomic mass is 10.0. The van der Waals surface area contributed by atoms with Gasteiger partial charge in [0, 0.05) is 12.1 Å². The maximum absolute atomic E-state index is 14.0. The molecular weight excluding hydrogens is 329 g/mol. The fraction of sp³-hybridized carbons (Fsp3) is 0.263. The number of aliphatic hydroxyl groups is 1. The van der Waals surface area contributed by atoms with E-state index in [-0.39, 0.29) is 11.6 Å². The topological polar surface area (TPSA) is 52.5 Å². The number of rotatable bonds is 6. The summed E-state index contributed by atoms with van der Waals surface area (Å²) in [5.74, 6) is -0.246. The van der Waals surface area contributed by atoms with Gasteiger partial charge in [-0.2, -0.15) is 0 Å². The molecule has 5 heteroatoms. The third-order valence-corrected chi connectivity index (χ3v) is 3.95. The Morgan fingerprint density at radius 1 is 1.33 bits per heavy atom. The van der Waals surface area contributed by atoms with Gasteiger partial charge < -0.3 is 15.5 Å². The first kappa shape index (κ1) is 18.3. The molecule has 3 nitrogen and oxygen atoms in total. The molecule has 2 aromatic carbocycles. The minimum Gasteiger partial charge on any atom is -0.506 e. The maximum atomic E-state index is 14.0. The van der Waals surface area contributed by atoms with E-state index in [2.05, 4.69) is 5.32 Å². The number of hydrogen-bond donors (Lipinski definition) is 3. The highest BCUT2D eigenvalue weighted by Gasteiger charge is 2.09. The molecule has 0 fully saturated rings. The van der Waals surface area contributed by atoms with Crippen LogP contribution in [-0.2, 0) is 0 Å². The first-order valence-electron chi connectivity index (χ1n) is 7.76. The number of benzene rings is 2. The molecule has 0 heterocycles. The van der Waals surface area contributed by atoms with Crippen LogP contribution in [0, 0.1) is 5.82 Å². The Morgan fingerprint density at radius 2 is 2.08 bits per heavy atom. The quantitative estimate of drug-likeness (QED) is 0.512. The second-order valence-electron chi connectivity index (χ2n) is 5.77. The number of allylic oxidation sites excluding steroid dienone is 1. The van der Waals surface area contributed by atoms with Gasteiger partial charge >= 0.3 is 0 Å². The number of halogens is 2. The van der Waals surface area contributed by atoms with E-state index in [1.165, 1.54) is 6.07 Å². The molecule has 0 saturated carbocycles. The Labute approximate surface area is 146 Å². The molecule has 0 spiro atoms. The Kier molecular flexibility index (Phi) is 6.23. The van der Waals surface area contributed by atoms with E-state index in [9.17, 15) is 14.6 Å². The van der Waals surface area contributed by atoms with Crippen LogP contribution in [0.4, 0.5) is 10.1 Å². The molecular formula is C19H21ClFNO2. The number of phenols is 1. The Bertz CT molecular complexity index is 724. The number of phenolic OH excluding ortho intramolecular Hbond substituents is 1. The smallest absolute Gasteiger partial charge is 0.138 e. The lowest BCUT2D eigenvalue weighted by molar-refractivity contribution is 0.188. The van der Waals surface area contributed by atoms with Crippen LogP contribution in [-0.4, -0.2) is 22.9 Å². The van der Waals surface area contributed by atoms with Crippen LogP contribution in [0.1, 0.15) is 31.4 Å². The van der Waals surface area contributed by atoms with Crippen molar-refractivity contribution in [3.05, 3.63) is 58.4 Å². The van der Waals surface area contributed by atoms with Crippen molar-refractivity contribution in [2.75, 3.05) is 11.9 Å². The second-order valence-corrected chi connectivity index (χ2v) is 6.17. The molecule has 3 N–H and O–H groups in total. The number of aromatic hydroxyl groups is 1. The van der Waals surface area contributed by atoms with Crippen molar-refractivity contribution in [3.63, 3.8) is 0 Å². The molecule has 0 aliphatic heterocycles. The van der Waals surface area contributed by atoms with E-state index in [1.807, 2.05) is 6.08 Å². The van der Waals surface area contributed by atoms with E-state index in [1.54, 1.807) is 44.2 Å². The monoisotopic (exact) mass is 349 g/mol. The molecule has 0 amide bonds. The molecule has 24 heavy (non-hydrogen) atoms. The maximum Gasteiger partial charge on any atom is 0.138 e. The SMILES string of the molecule is C/C(=C\c1ccc(O)c(NCCC(C)O)c1)c1c(F)cccc1Cl. The van der Waals surface area contributed by atoms with Gasteiger partial charge in [0.2, 0.25) is 0 Å². The summed E-state index contributed by atoms with van der Waals surface area (Å²) in [5, 5.41) is 22.6. The van der Waals surface area contributed by atoms with Crippen molar-refractivity contribution >= 4 is 28.9 Å². The van der Waals surface area contributed by atoms with E-state index < -0.39 is 6.10 Å². The highest BCUT2D eigenvalue weighted by Crippen LogP contribution is 2.30. The van der Waals surface area contributed by atoms with Gasteiger partial charge in [-0.25, -0.2) is 4.39 Å². The molecule has 0 aliphatic carbocycles. The molecule has 2 aromatic rings. The molecule has 128 valence electrons. The molecule has 1 unspecified atom stereocenters. The van der Waals surface area contributed by atoms with E-state index >= 15 is 0 Å². The minimum atomic E-state index is -0.409. The molecule has 0 aliphatic rings. The lowest BCUT2D eigenvalue weighted by Crippen LogP contribution is -2.09. The average molecular weight is 350 g/mol. The zero-order valence-electron chi connectivity index (χ0n) is 13.7. The van der Waals surface area contributed by atoms with Crippen molar-refractivity contribution in [2.24, 2.45) is 0 Å². The zero-order chi connectivity index (χ0) is 17.7. The summed E-state index contributed by atoms with van der Waals surface area (Å²) in [5.41, 5.74) is 2.44. The van der Waals surface area contributed by atoms with Crippen LogP contribution in [0.25, 0.3) is 11.6 Å². The van der Waals surface area contributed by atoms with Crippen LogP contribution in [0.3, 0.4) is 0 Å². The Hall–Kier alpha value is -2.04. The fourth-order valence-electron chi connectivity index (χ4n) is 2.40. The van der Waals surface area contributed by atoms with Crippen molar-refractivity contribution in [1.82, 2.24) is 0 Å². The third-order valence-electron chi connectivity index (χ3n) is 3.64. The van der Waals surface area contributed by atoms with E-state index in [0.717, 1.165) is 5.56 Å². The lowest BCUT2D eigenvalue weighted by Gasteiger charge is -2.11. The summed E-state index contributed by atoms with van der Waals surface area (Å²) in [4.78, 5) is 0. The number of nitrogens with one attached hydrogen (secondary N) is 1. The van der Waals surface area contributed by atoms with Crippen molar-refractivity contribution in [3.8, 4) is 5.75 Å². The Morgan fingerprint density at radius 3 is 2.75 bits per heavy atom. The summed E-state index contributed by atoms with van der Waals surface area (Å²) in [6.45, 7) is 4.04. The van der Waals surface area contributed by atoms with Gasteiger partial charge in [-0.3, -0.25) is 0 Å². The van der Waals surface area contributed by atoms with Gasteiger partial charge in [-0.15, -0.1) is 0 Å². The van der Waals surface area contributed by atoms with Crippen molar-refractivity contribution in [1.29, 1.82) is 0 Å². The molecule has 0 bridgehead atoms. The van der Waals surface area contributed by atoms with Crippen LogP contribution >= 0.6 is 11.6 Å². The molecule has 0 aromatic heterocycles. The standard InChI is InChI=1S/C19H21ClFNO2/c1-12(19-15(20)4-3-5-16(19)21)10-14-6-7-18(24)17(11-14)22-9-8-13(2)23/h3-7,10-11,13,22-24H,8-9H2,1-2H3/b12-10+. The summed E-state index contributed by atoms with van der Waals surface area (Å²) in [6.07, 6.45) is 1.97. The van der Waals surface area contributed by atoms with Gasteiger partial charge in [0.05, 0.1) is 16.8 Å². The molecule has 2 rings (SSSR count). The average Bonchev–Trinajstić information content (AvgIpc) is 2.50. The van der Waals surface area contributed by atoms with Crippen LogP contribution < -0.4 is 5.32 Å².